The second-order valence-electron chi connectivity index (χ2n) is 16.8. The highest BCUT2D eigenvalue weighted by atomic mass is 31.2. The third-order valence-electron chi connectivity index (χ3n) is 8.18. The third kappa shape index (κ3) is 8.22. The monoisotopic (exact) mass is 582 g/mol. The lowest BCUT2D eigenvalue weighted by Gasteiger charge is -2.35. The summed E-state index contributed by atoms with van der Waals surface area (Å²) >= 11 is 0. The summed E-state index contributed by atoms with van der Waals surface area (Å²) in [5, 5.41) is 11.9. The predicted molar refractivity (Wildman–Crippen MR) is 179 cm³/mol. The van der Waals surface area contributed by atoms with Gasteiger partial charge in [-0.05, 0) is 51.2 Å². The lowest BCUT2D eigenvalue weighted by atomic mass is 9.76. The molecule has 0 aromatic heterocycles. The van der Waals surface area contributed by atoms with Gasteiger partial charge in [0.1, 0.15) is 17.2 Å². The Balaban J connectivity index is 2.30. The average molecular weight is 583 g/mol. The molecular formula is C37H59O3P. The largest absolute Gasteiger partial charge is 0.507 e. The number of unbranched alkanes of at least 4 members (excludes halogenated alkanes) is 2. The molecule has 1 unspecified atom stereocenters. The molecule has 41 heavy (non-hydrogen) atoms. The molecule has 2 aromatic carbocycles. The summed E-state index contributed by atoms with van der Waals surface area (Å²) < 4.78 is 14.0. The van der Waals surface area contributed by atoms with Crippen LogP contribution in [-0.4, -0.2) is 11.3 Å². The van der Waals surface area contributed by atoms with Gasteiger partial charge in [0.15, 0.2) is 0 Å². The van der Waals surface area contributed by atoms with Crippen LogP contribution in [0.2, 0.25) is 0 Å². The zero-order valence-electron chi connectivity index (χ0n) is 28.8. The molecule has 2 aromatic rings. The van der Waals surface area contributed by atoms with Crippen molar-refractivity contribution in [2.24, 2.45) is 5.92 Å². The molecule has 1 atom stereocenters. The normalized spacial score (nSPS) is 16.4. The van der Waals surface area contributed by atoms with Crippen molar-refractivity contribution in [1.82, 2.24) is 0 Å². The summed E-state index contributed by atoms with van der Waals surface area (Å²) in [6.45, 7) is 31.5. The van der Waals surface area contributed by atoms with E-state index in [1.54, 1.807) is 0 Å². The molecule has 0 saturated heterocycles. The Bertz CT molecular complexity index is 1210. The molecule has 3 nitrogen and oxygen atoms in total. The maximum atomic E-state index is 11.9. The minimum atomic E-state index is -1.25. The molecule has 1 aliphatic rings. The van der Waals surface area contributed by atoms with E-state index in [0.29, 0.717) is 12.2 Å². The zero-order chi connectivity index (χ0) is 31.1. The number of hydrogen-bond donors (Lipinski definition) is 1. The van der Waals surface area contributed by atoms with Gasteiger partial charge in [0.2, 0.25) is 0 Å². The van der Waals surface area contributed by atoms with Gasteiger partial charge in [-0.2, -0.15) is 0 Å². The fraction of sp³-hybridized carbons (Fsp3) is 0.676. The summed E-state index contributed by atoms with van der Waals surface area (Å²) in [7, 11) is -1.25. The quantitative estimate of drug-likeness (QED) is 0.272. The van der Waals surface area contributed by atoms with Crippen molar-refractivity contribution in [2.45, 2.75) is 151 Å². The standard InChI is InChI=1S/C37H59O3P/c1-24(2)18-16-15-17-19-41-39-32-25(20-26(34(3,4)5)22-29(32)36(9,10)11)21-27-31(38)28(35(6,7)8)23-30(33(27)40-41)37(12,13)14/h20,22-24,38H,15-19,21H2,1-14H3. The van der Waals surface area contributed by atoms with Crippen molar-refractivity contribution in [2.75, 3.05) is 6.16 Å². The molecule has 1 N–H and O–H groups in total. The van der Waals surface area contributed by atoms with Crippen molar-refractivity contribution in [3.05, 3.63) is 51.6 Å². The molecule has 0 spiro atoms. The van der Waals surface area contributed by atoms with E-state index in [2.05, 4.69) is 115 Å². The van der Waals surface area contributed by atoms with Crippen LogP contribution in [0.15, 0.2) is 18.2 Å². The lowest BCUT2D eigenvalue weighted by Crippen LogP contribution is -2.22. The first-order chi connectivity index (χ1) is 18.6. The molecule has 4 heteroatoms. The highest BCUT2D eigenvalue weighted by Crippen LogP contribution is 2.55. The first-order valence-corrected chi connectivity index (χ1v) is 17.2. The predicted octanol–water partition coefficient (Wildman–Crippen LogP) is 11.5. The van der Waals surface area contributed by atoms with Gasteiger partial charge in [0.05, 0.1) is 0 Å². The maximum absolute atomic E-state index is 11.9. The molecule has 0 radical (unpaired) electrons. The van der Waals surface area contributed by atoms with Crippen LogP contribution in [-0.2, 0) is 28.1 Å². The van der Waals surface area contributed by atoms with E-state index in [9.17, 15) is 5.11 Å². The SMILES string of the molecule is CC(C)CCCCCP1Oc2c(cc(C(C)(C)C)cc2C(C)(C)C)Cc2c(O)c(C(C)(C)C)cc(C(C)(C)C)c2O1. The Morgan fingerprint density at radius 3 is 1.73 bits per heavy atom. The number of phenolic OH excluding ortho intramolecular Hbond substituents is 1. The molecule has 1 aliphatic heterocycles. The second kappa shape index (κ2) is 12.1. The van der Waals surface area contributed by atoms with Crippen LogP contribution in [0.5, 0.6) is 17.2 Å². The van der Waals surface area contributed by atoms with Crippen LogP contribution in [0.1, 0.15) is 156 Å². The molecule has 0 bridgehead atoms. The molecule has 3 rings (SSSR count). The van der Waals surface area contributed by atoms with E-state index < -0.39 is 8.38 Å². The molecule has 230 valence electrons. The number of benzene rings is 2. The average Bonchev–Trinajstić information content (AvgIpc) is 2.76. The first kappa shape index (κ1) is 33.8. The summed E-state index contributed by atoms with van der Waals surface area (Å²) in [5.74, 6) is 2.90. The van der Waals surface area contributed by atoms with E-state index in [1.807, 2.05) is 0 Å². The summed E-state index contributed by atoms with van der Waals surface area (Å²) in [6.07, 6.45) is 6.20. The van der Waals surface area contributed by atoms with Crippen LogP contribution in [0, 0.1) is 5.92 Å². The fourth-order valence-corrected chi connectivity index (χ4v) is 7.03. The van der Waals surface area contributed by atoms with Crippen molar-refractivity contribution in [1.29, 1.82) is 0 Å². The van der Waals surface area contributed by atoms with Gasteiger partial charge in [-0.25, -0.2) is 0 Å². The first-order valence-electron chi connectivity index (χ1n) is 15.8. The van der Waals surface area contributed by atoms with E-state index in [4.69, 9.17) is 9.05 Å². The van der Waals surface area contributed by atoms with E-state index in [0.717, 1.165) is 52.3 Å². The van der Waals surface area contributed by atoms with Crippen molar-refractivity contribution in [3.63, 3.8) is 0 Å². The van der Waals surface area contributed by atoms with E-state index in [1.165, 1.54) is 30.4 Å². The minimum absolute atomic E-state index is 0.0102. The Morgan fingerprint density at radius 2 is 1.22 bits per heavy atom. The number of rotatable bonds is 6. The van der Waals surface area contributed by atoms with Crippen LogP contribution < -0.4 is 9.05 Å². The Labute approximate surface area is 253 Å². The van der Waals surface area contributed by atoms with E-state index in [-0.39, 0.29) is 21.7 Å². The maximum Gasteiger partial charge on any atom is 0.290 e. The second-order valence-corrected chi connectivity index (χ2v) is 18.3. The molecule has 0 fully saturated rings. The van der Waals surface area contributed by atoms with Crippen molar-refractivity contribution in [3.8, 4) is 17.2 Å². The molecule has 1 heterocycles. The highest BCUT2D eigenvalue weighted by molar-refractivity contribution is 7.48. The molecular weight excluding hydrogens is 523 g/mol. The molecule has 0 aliphatic carbocycles. The Morgan fingerprint density at radius 1 is 0.683 bits per heavy atom. The number of phenols is 1. The van der Waals surface area contributed by atoms with Gasteiger partial charge >= 0.3 is 0 Å². The lowest BCUT2D eigenvalue weighted by molar-refractivity contribution is 0.416. The number of fused-ring (bicyclic) bond motifs is 2. The van der Waals surface area contributed by atoms with Crippen LogP contribution in [0.25, 0.3) is 0 Å². The van der Waals surface area contributed by atoms with Gasteiger partial charge in [0, 0.05) is 34.8 Å². The van der Waals surface area contributed by atoms with Gasteiger partial charge in [-0.15, -0.1) is 0 Å². The summed E-state index contributed by atoms with van der Waals surface area (Å²) in [5.41, 5.74) is 6.25. The molecule has 0 saturated carbocycles. The van der Waals surface area contributed by atoms with E-state index >= 15 is 0 Å². The van der Waals surface area contributed by atoms with Gasteiger partial charge in [0.25, 0.3) is 8.38 Å². The third-order valence-corrected chi connectivity index (χ3v) is 9.63. The number of aromatic hydroxyl groups is 1. The zero-order valence-corrected chi connectivity index (χ0v) is 29.7. The van der Waals surface area contributed by atoms with Crippen LogP contribution in [0.3, 0.4) is 0 Å². The van der Waals surface area contributed by atoms with Crippen LogP contribution >= 0.6 is 8.38 Å². The summed E-state index contributed by atoms with van der Waals surface area (Å²) in [4.78, 5) is 0. The fourth-order valence-electron chi connectivity index (χ4n) is 5.50. The van der Waals surface area contributed by atoms with Crippen molar-refractivity contribution >= 4 is 8.38 Å². The molecule has 0 amide bonds. The highest BCUT2D eigenvalue weighted by Gasteiger charge is 2.36. The smallest absolute Gasteiger partial charge is 0.290 e. The Kier molecular flexibility index (Phi) is 9.97. The minimum Gasteiger partial charge on any atom is -0.507 e. The van der Waals surface area contributed by atoms with Gasteiger partial charge in [-0.3, -0.25) is 0 Å². The van der Waals surface area contributed by atoms with Crippen LogP contribution in [0.4, 0.5) is 0 Å². The van der Waals surface area contributed by atoms with Crippen molar-refractivity contribution < 1.29 is 14.2 Å². The summed E-state index contributed by atoms with van der Waals surface area (Å²) in [6, 6.07) is 6.87. The van der Waals surface area contributed by atoms with Gasteiger partial charge < -0.3 is 14.2 Å². The topological polar surface area (TPSA) is 38.7 Å². The van der Waals surface area contributed by atoms with Gasteiger partial charge in [-0.1, -0.05) is 128 Å². The Hall–Kier alpha value is -1.73. The number of hydrogen-bond acceptors (Lipinski definition) is 3.